The van der Waals surface area contributed by atoms with E-state index in [1.54, 1.807) is 7.11 Å². The number of aryl methyl sites for hydroxylation is 1. The summed E-state index contributed by atoms with van der Waals surface area (Å²) in [5.41, 5.74) is 2.27. The van der Waals surface area contributed by atoms with Crippen molar-refractivity contribution in [1.82, 2.24) is 0 Å². The molecule has 0 bridgehead atoms. The van der Waals surface area contributed by atoms with Crippen LogP contribution in [0, 0.1) is 11.3 Å². The lowest BCUT2D eigenvalue weighted by Gasteiger charge is -2.55. The summed E-state index contributed by atoms with van der Waals surface area (Å²) in [5.74, 6) is 1.20. The molecule has 3 heteroatoms. The fourth-order valence-corrected chi connectivity index (χ4v) is 5.05. The number of hydrogen-bond acceptors (Lipinski definition) is 3. The average molecular weight is 312 g/mol. The second kappa shape index (κ2) is 4.94. The van der Waals surface area contributed by atoms with Crippen molar-refractivity contribution in [2.75, 3.05) is 7.11 Å². The van der Waals surface area contributed by atoms with Crippen LogP contribution in [0.1, 0.15) is 50.2 Å². The summed E-state index contributed by atoms with van der Waals surface area (Å²) < 4.78 is 5.34. The number of ketones is 1. The Labute approximate surface area is 137 Å². The highest BCUT2D eigenvalue weighted by atomic mass is 16.5. The molecule has 3 aliphatic rings. The van der Waals surface area contributed by atoms with Gasteiger partial charge in [-0.05, 0) is 67.9 Å². The molecule has 1 saturated carbocycles. The van der Waals surface area contributed by atoms with Gasteiger partial charge in [0.25, 0.3) is 0 Å². The second-order valence-electron chi connectivity index (χ2n) is 7.51. The fourth-order valence-electron chi connectivity index (χ4n) is 5.05. The predicted molar refractivity (Wildman–Crippen MR) is 89.3 cm³/mol. The second-order valence-corrected chi connectivity index (χ2v) is 7.51. The number of Topliss-reactive ketones (excluding diaryl/α,β-unsaturated/α-hetero) is 1. The van der Waals surface area contributed by atoms with Crippen molar-refractivity contribution in [3.63, 3.8) is 0 Å². The van der Waals surface area contributed by atoms with E-state index in [0.29, 0.717) is 12.8 Å². The van der Waals surface area contributed by atoms with Gasteiger partial charge in [0.15, 0.2) is 0 Å². The number of allylic oxidation sites excluding steroid dienone is 1. The van der Waals surface area contributed by atoms with Gasteiger partial charge in [0.1, 0.15) is 11.5 Å². The maximum Gasteiger partial charge on any atom is 0.141 e. The number of ether oxygens (including phenoxy) is 1. The number of aliphatic hydroxyl groups is 1. The van der Waals surface area contributed by atoms with Gasteiger partial charge in [0.2, 0.25) is 0 Å². The SMILES string of the molecule is COc1ccc2c(c1)CC[C@H]1C2=CC[C@]2(C)C(=O)CCC[C@]12O. The van der Waals surface area contributed by atoms with Crippen LogP contribution in [0.25, 0.3) is 5.57 Å². The zero-order chi connectivity index (χ0) is 16.2. The first-order valence-electron chi connectivity index (χ1n) is 8.62. The number of benzene rings is 1. The molecule has 0 amide bonds. The molecule has 0 radical (unpaired) electrons. The molecule has 1 aromatic carbocycles. The van der Waals surface area contributed by atoms with E-state index in [9.17, 15) is 9.90 Å². The molecule has 0 heterocycles. The van der Waals surface area contributed by atoms with Crippen molar-refractivity contribution in [1.29, 1.82) is 0 Å². The summed E-state index contributed by atoms with van der Waals surface area (Å²) >= 11 is 0. The number of hydrogen-bond donors (Lipinski definition) is 1. The van der Waals surface area contributed by atoms with Crippen LogP contribution in [-0.4, -0.2) is 23.6 Å². The van der Waals surface area contributed by atoms with E-state index in [1.807, 2.05) is 13.0 Å². The molecule has 1 aromatic rings. The number of carbonyl (C=O) groups excluding carboxylic acids is 1. The van der Waals surface area contributed by atoms with Crippen LogP contribution in [0.5, 0.6) is 5.75 Å². The minimum absolute atomic E-state index is 0.0754. The molecule has 3 aliphatic carbocycles. The third-order valence-corrected chi connectivity index (χ3v) is 6.54. The first kappa shape index (κ1) is 14.9. The Bertz CT molecular complexity index is 705. The van der Waals surface area contributed by atoms with Gasteiger partial charge in [-0.1, -0.05) is 12.1 Å². The molecule has 23 heavy (non-hydrogen) atoms. The summed E-state index contributed by atoms with van der Waals surface area (Å²) in [6, 6.07) is 6.21. The van der Waals surface area contributed by atoms with Crippen molar-refractivity contribution in [3.8, 4) is 5.75 Å². The van der Waals surface area contributed by atoms with E-state index in [2.05, 4.69) is 18.2 Å². The van der Waals surface area contributed by atoms with Crippen LogP contribution in [0.4, 0.5) is 0 Å². The average Bonchev–Trinajstić information content (AvgIpc) is 2.56. The van der Waals surface area contributed by atoms with Gasteiger partial charge in [-0.3, -0.25) is 4.79 Å². The highest BCUT2D eigenvalue weighted by Crippen LogP contribution is 2.58. The Hall–Kier alpha value is -1.61. The minimum Gasteiger partial charge on any atom is -0.497 e. The van der Waals surface area contributed by atoms with Crippen molar-refractivity contribution in [2.24, 2.45) is 11.3 Å². The van der Waals surface area contributed by atoms with E-state index in [1.165, 1.54) is 16.7 Å². The van der Waals surface area contributed by atoms with Crippen LogP contribution in [0.2, 0.25) is 0 Å². The Morgan fingerprint density at radius 2 is 2.13 bits per heavy atom. The van der Waals surface area contributed by atoms with Crippen molar-refractivity contribution < 1.29 is 14.6 Å². The molecule has 0 unspecified atom stereocenters. The maximum atomic E-state index is 12.6. The highest BCUT2D eigenvalue weighted by molar-refractivity contribution is 5.89. The van der Waals surface area contributed by atoms with Crippen molar-refractivity contribution >= 4 is 11.4 Å². The Balaban J connectivity index is 1.82. The third kappa shape index (κ3) is 1.89. The molecular weight excluding hydrogens is 288 g/mol. The van der Waals surface area contributed by atoms with E-state index in [0.717, 1.165) is 31.4 Å². The molecule has 1 N–H and O–H groups in total. The normalized spacial score (nSPS) is 35.7. The van der Waals surface area contributed by atoms with Gasteiger partial charge in [-0.25, -0.2) is 0 Å². The number of rotatable bonds is 1. The van der Waals surface area contributed by atoms with E-state index in [4.69, 9.17) is 4.74 Å². The Morgan fingerprint density at radius 1 is 1.30 bits per heavy atom. The number of methoxy groups -OCH3 is 1. The highest BCUT2D eigenvalue weighted by Gasteiger charge is 2.59. The van der Waals surface area contributed by atoms with Gasteiger partial charge >= 0.3 is 0 Å². The summed E-state index contributed by atoms with van der Waals surface area (Å²) in [7, 11) is 1.69. The molecule has 3 nitrogen and oxygen atoms in total. The Kier molecular flexibility index (Phi) is 3.21. The third-order valence-electron chi connectivity index (χ3n) is 6.54. The van der Waals surface area contributed by atoms with Crippen molar-refractivity contribution in [2.45, 2.75) is 51.0 Å². The number of carbonyl (C=O) groups is 1. The lowest BCUT2D eigenvalue weighted by Crippen LogP contribution is -2.60. The first-order valence-corrected chi connectivity index (χ1v) is 8.62. The van der Waals surface area contributed by atoms with E-state index >= 15 is 0 Å². The molecule has 4 rings (SSSR count). The van der Waals surface area contributed by atoms with Crippen molar-refractivity contribution in [3.05, 3.63) is 35.4 Å². The van der Waals surface area contributed by atoms with Gasteiger partial charge in [-0.2, -0.15) is 0 Å². The minimum atomic E-state index is -0.885. The predicted octanol–water partition coefficient (Wildman–Crippen LogP) is 3.54. The lowest BCUT2D eigenvalue weighted by atomic mass is 9.51. The Morgan fingerprint density at radius 3 is 2.91 bits per heavy atom. The summed E-state index contributed by atoms with van der Waals surface area (Å²) in [6.45, 7) is 1.98. The van der Waals surface area contributed by atoms with E-state index in [-0.39, 0.29) is 11.7 Å². The van der Waals surface area contributed by atoms with Crippen LogP contribution in [0.3, 0.4) is 0 Å². The van der Waals surface area contributed by atoms with Gasteiger partial charge < -0.3 is 9.84 Å². The van der Waals surface area contributed by atoms with E-state index < -0.39 is 11.0 Å². The molecule has 0 aliphatic heterocycles. The molecule has 0 saturated heterocycles. The quantitative estimate of drug-likeness (QED) is 0.863. The van der Waals surface area contributed by atoms with Crippen LogP contribution < -0.4 is 4.74 Å². The van der Waals surface area contributed by atoms with Crippen LogP contribution in [-0.2, 0) is 11.2 Å². The smallest absolute Gasteiger partial charge is 0.141 e. The molecule has 0 aromatic heterocycles. The van der Waals surface area contributed by atoms with Crippen LogP contribution >= 0.6 is 0 Å². The summed E-state index contributed by atoms with van der Waals surface area (Å²) in [4.78, 5) is 12.6. The van der Waals surface area contributed by atoms with Gasteiger partial charge in [0, 0.05) is 12.3 Å². The summed E-state index contributed by atoms with van der Waals surface area (Å²) in [6.07, 6.45) is 6.87. The monoisotopic (exact) mass is 312 g/mol. The number of fused-ring (bicyclic) bond motifs is 5. The lowest BCUT2D eigenvalue weighted by molar-refractivity contribution is -0.165. The molecule has 0 spiro atoms. The van der Waals surface area contributed by atoms with Gasteiger partial charge in [0.05, 0.1) is 18.1 Å². The molecule has 122 valence electrons. The van der Waals surface area contributed by atoms with Crippen LogP contribution in [0.15, 0.2) is 24.3 Å². The summed E-state index contributed by atoms with van der Waals surface area (Å²) in [5, 5.41) is 11.6. The molecule has 1 fully saturated rings. The topological polar surface area (TPSA) is 46.5 Å². The zero-order valence-electron chi connectivity index (χ0n) is 13.9. The standard InChI is InChI=1S/C20H24O3/c1-19-11-9-16-15-7-6-14(23-2)12-13(15)5-8-17(16)20(19,22)10-3-4-18(19)21/h6-7,9,12,17,22H,3-5,8,10-11H2,1-2H3/t17-,19+,20-/m0/s1. The molecule has 3 atom stereocenters. The fraction of sp³-hybridized carbons (Fsp3) is 0.550. The van der Waals surface area contributed by atoms with Gasteiger partial charge in [-0.15, -0.1) is 0 Å². The molecular formula is C20H24O3. The maximum absolute atomic E-state index is 12.6. The zero-order valence-corrected chi connectivity index (χ0v) is 13.9. The largest absolute Gasteiger partial charge is 0.497 e. The first-order chi connectivity index (χ1) is 11.0.